The molecule has 0 aliphatic carbocycles. The Balaban J connectivity index is 2.96. The van der Waals surface area contributed by atoms with Crippen LogP contribution in [0.15, 0.2) is 4.90 Å². The molecule has 104 valence electrons. The molecule has 0 saturated carbocycles. The molecular formula is C11H20N2O3S2. The average molecular weight is 292 g/mol. The molecule has 0 saturated heterocycles. The number of primary sulfonamides is 1. The molecule has 18 heavy (non-hydrogen) atoms. The maximum absolute atomic E-state index is 11.6. The van der Waals surface area contributed by atoms with E-state index in [0.717, 1.165) is 4.88 Å². The Morgan fingerprint density at radius 2 is 1.89 bits per heavy atom. The molecule has 1 aromatic rings. The number of nitrogens with two attached hydrogens (primary N) is 1. The summed E-state index contributed by atoms with van der Waals surface area (Å²) in [5.41, 5.74) is -0.134. The van der Waals surface area contributed by atoms with Crippen LogP contribution < -0.4 is 10.5 Å². The van der Waals surface area contributed by atoms with Crippen LogP contribution in [0.2, 0.25) is 0 Å². The third-order valence-corrected chi connectivity index (χ3v) is 4.78. The van der Waals surface area contributed by atoms with Gasteiger partial charge in [-0.05, 0) is 33.3 Å². The number of thiophene rings is 1. The highest BCUT2D eigenvalue weighted by Crippen LogP contribution is 2.30. The minimum atomic E-state index is -3.70. The van der Waals surface area contributed by atoms with Gasteiger partial charge in [0.1, 0.15) is 4.90 Å². The fourth-order valence-electron chi connectivity index (χ4n) is 1.78. The summed E-state index contributed by atoms with van der Waals surface area (Å²) in [6.07, 6.45) is 0. The first kappa shape index (κ1) is 15.6. The van der Waals surface area contributed by atoms with E-state index in [1.54, 1.807) is 20.8 Å². The van der Waals surface area contributed by atoms with Gasteiger partial charge in [0.15, 0.2) is 0 Å². The van der Waals surface area contributed by atoms with Crippen LogP contribution in [-0.4, -0.2) is 25.7 Å². The third-order valence-electron chi connectivity index (χ3n) is 2.47. The molecule has 0 aromatic carbocycles. The first-order chi connectivity index (χ1) is 8.02. The third kappa shape index (κ3) is 4.03. The molecule has 4 N–H and O–H groups in total. The van der Waals surface area contributed by atoms with Gasteiger partial charge in [-0.1, -0.05) is 0 Å². The van der Waals surface area contributed by atoms with E-state index < -0.39 is 15.6 Å². The highest BCUT2D eigenvalue weighted by molar-refractivity contribution is 7.89. The van der Waals surface area contributed by atoms with Crippen LogP contribution >= 0.6 is 11.3 Å². The SMILES string of the molecule is Cc1sc(C)c(S(N)(=O)=O)c1CNCC(C)(C)O. The van der Waals surface area contributed by atoms with Gasteiger partial charge in [-0.3, -0.25) is 0 Å². The summed E-state index contributed by atoms with van der Waals surface area (Å²) in [6.45, 7) is 7.75. The molecule has 0 amide bonds. The summed E-state index contributed by atoms with van der Waals surface area (Å²) >= 11 is 1.42. The molecule has 0 atom stereocenters. The van der Waals surface area contributed by atoms with Crippen molar-refractivity contribution in [3.8, 4) is 0 Å². The number of aliphatic hydroxyl groups is 1. The van der Waals surface area contributed by atoms with Crippen molar-refractivity contribution in [2.75, 3.05) is 6.54 Å². The van der Waals surface area contributed by atoms with Crippen molar-refractivity contribution in [3.63, 3.8) is 0 Å². The van der Waals surface area contributed by atoms with Crippen molar-refractivity contribution < 1.29 is 13.5 Å². The minimum absolute atomic E-state index is 0.216. The lowest BCUT2D eigenvalue weighted by Gasteiger charge is -2.18. The summed E-state index contributed by atoms with van der Waals surface area (Å²) in [5, 5.41) is 17.9. The Morgan fingerprint density at radius 3 is 2.33 bits per heavy atom. The number of aryl methyl sites for hydroxylation is 2. The Bertz CT molecular complexity index is 527. The van der Waals surface area contributed by atoms with Crippen LogP contribution in [0.5, 0.6) is 0 Å². The molecule has 0 radical (unpaired) electrons. The van der Waals surface area contributed by atoms with E-state index in [1.165, 1.54) is 11.3 Å². The lowest BCUT2D eigenvalue weighted by atomic mass is 10.1. The molecule has 5 nitrogen and oxygen atoms in total. The first-order valence-corrected chi connectivity index (χ1v) is 7.93. The zero-order valence-corrected chi connectivity index (χ0v) is 12.7. The Labute approximate surface area is 112 Å². The smallest absolute Gasteiger partial charge is 0.239 e. The van der Waals surface area contributed by atoms with Gasteiger partial charge in [0.25, 0.3) is 0 Å². The predicted octanol–water partition coefficient (Wildman–Crippen LogP) is 0.873. The highest BCUT2D eigenvalue weighted by atomic mass is 32.2. The van der Waals surface area contributed by atoms with E-state index in [2.05, 4.69) is 5.32 Å². The zero-order chi connectivity index (χ0) is 14.1. The Hall–Kier alpha value is -0.470. The molecule has 0 aliphatic heterocycles. The Morgan fingerprint density at radius 1 is 1.33 bits per heavy atom. The number of hydrogen-bond acceptors (Lipinski definition) is 5. The van der Waals surface area contributed by atoms with Gasteiger partial charge in [0, 0.05) is 22.8 Å². The molecule has 1 heterocycles. The molecular weight excluding hydrogens is 272 g/mol. The molecule has 0 bridgehead atoms. The normalized spacial score (nSPS) is 13.0. The molecule has 7 heteroatoms. The van der Waals surface area contributed by atoms with E-state index in [-0.39, 0.29) is 4.90 Å². The van der Waals surface area contributed by atoms with Crippen LogP contribution in [0.3, 0.4) is 0 Å². The summed E-state index contributed by atoms with van der Waals surface area (Å²) in [4.78, 5) is 1.85. The number of nitrogens with one attached hydrogen (secondary N) is 1. The monoisotopic (exact) mass is 292 g/mol. The largest absolute Gasteiger partial charge is 0.389 e. The van der Waals surface area contributed by atoms with Gasteiger partial charge < -0.3 is 10.4 Å². The fourth-order valence-corrected chi connectivity index (χ4v) is 4.26. The van der Waals surface area contributed by atoms with Crippen LogP contribution in [0.1, 0.15) is 29.2 Å². The highest BCUT2D eigenvalue weighted by Gasteiger charge is 2.22. The molecule has 0 aliphatic rings. The van der Waals surface area contributed by atoms with E-state index in [1.807, 2.05) is 6.92 Å². The topological polar surface area (TPSA) is 92.4 Å². The second-order valence-corrected chi connectivity index (χ2v) is 7.91. The van der Waals surface area contributed by atoms with Crippen molar-refractivity contribution in [1.82, 2.24) is 5.32 Å². The predicted molar refractivity (Wildman–Crippen MR) is 73.2 cm³/mol. The second kappa shape index (κ2) is 5.26. The van der Waals surface area contributed by atoms with Crippen LogP contribution in [-0.2, 0) is 16.6 Å². The number of hydrogen-bond donors (Lipinski definition) is 3. The molecule has 1 rings (SSSR count). The fraction of sp³-hybridized carbons (Fsp3) is 0.636. The van der Waals surface area contributed by atoms with Crippen LogP contribution in [0.25, 0.3) is 0 Å². The standard InChI is InChI=1S/C11H20N2O3S2/c1-7-9(5-13-6-11(3,4)14)10(8(2)17-7)18(12,15)16/h13-14H,5-6H2,1-4H3,(H2,12,15,16). The molecule has 1 aromatic heterocycles. The van der Waals surface area contributed by atoms with Gasteiger partial charge in [-0.25, -0.2) is 13.6 Å². The average Bonchev–Trinajstić information content (AvgIpc) is 2.38. The summed E-state index contributed by atoms with van der Waals surface area (Å²) < 4.78 is 23.1. The van der Waals surface area contributed by atoms with Gasteiger partial charge in [-0.15, -0.1) is 11.3 Å². The minimum Gasteiger partial charge on any atom is -0.389 e. The van der Waals surface area contributed by atoms with E-state index in [9.17, 15) is 13.5 Å². The van der Waals surface area contributed by atoms with Crippen LogP contribution in [0.4, 0.5) is 0 Å². The lowest BCUT2D eigenvalue weighted by molar-refractivity contribution is 0.0794. The summed E-state index contributed by atoms with van der Waals surface area (Å²) in [6, 6.07) is 0. The van der Waals surface area contributed by atoms with Crippen molar-refractivity contribution in [1.29, 1.82) is 0 Å². The van der Waals surface area contributed by atoms with E-state index in [4.69, 9.17) is 5.14 Å². The lowest BCUT2D eigenvalue weighted by Crippen LogP contribution is -2.34. The van der Waals surface area contributed by atoms with Crippen molar-refractivity contribution in [2.24, 2.45) is 5.14 Å². The van der Waals surface area contributed by atoms with Crippen LogP contribution in [0, 0.1) is 13.8 Å². The van der Waals surface area contributed by atoms with Crippen molar-refractivity contribution in [2.45, 2.75) is 44.7 Å². The van der Waals surface area contributed by atoms with Crippen molar-refractivity contribution in [3.05, 3.63) is 15.3 Å². The van der Waals surface area contributed by atoms with Gasteiger partial charge in [0.2, 0.25) is 10.0 Å². The van der Waals surface area contributed by atoms with Gasteiger partial charge in [-0.2, -0.15) is 0 Å². The van der Waals surface area contributed by atoms with Gasteiger partial charge >= 0.3 is 0 Å². The number of rotatable bonds is 5. The maximum Gasteiger partial charge on any atom is 0.239 e. The molecule has 0 spiro atoms. The van der Waals surface area contributed by atoms with E-state index >= 15 is 0 Å². The quantitative estimate of drug-likeness (QED) is 0.751. The summed E-state index contributed by atoms with van der Waals surface area (Å²) in [7, 11) is -3.70. The second-order valence-electron chi connectivity index (χ2n) is 4.98. The zero-order valence-electron chi connectivity index (χ0n) is 11.1. The molecule has 0 fully saturated rings. The van der Waals surface area contributed by atoms with E-state index in [0.29, 0.717) is 23.5 Å². The Kier molecular flexibility index (Phi) is 4.56. The van der Waals surface area contributed by atoms with Crippen molar-refractivity contribution >= 4 is 21.4 Å². The molecule has 0 unspecified atom stereocenters. The maximum atomic E-state index is 11.6. The van der Waals surface area contributed by atoms with Gasteiger partial charge in [0.05, 0.1) is 5.60 Å². The summed E-state index contributed by atoms with van der Waals surface area (Å²) in [5.74, 6) is 0. The number of sulfonamides is 1. The first-order valence-electron chi connectivity index (χ1n) is 5.57.